The molecule has 0 saturated carbocycles. The summed E-state index contributed by atoms with van der Waals surface area (Å²) in [5, 5.41) is 0.654. The van der Waals surface area contributed by atoms with Crippen LogP contribution < -0.4 is 5.73 Å². The van der Waals surface area contributed by atoms with Crippen molar-refractivity contribution >= 4 is 23.6 Å². The fourth-order valence-corrected chi connectivity index (χ4v) is 1.78. The van der Waals surface area contributed by atoms with Crippen molar-refractivity contribution in [2.45, 2.75) is 6.92 Å². The zero-order chi connectivity index (χ0) is 13.1. The van der Waals surface area contributed by atoms with E-state index < -0.39 is 5.91 Å². The first-order valence-corrected chi connectivity index (χ1v) is 5.78. The van der Waals surface area contributed by atoms with Crippen LogP contribution in [0.15, 0.2) is 40.8 Å². The van der Waals surface area contributed by atoms with Crippen LogP contribution in [0, 0.1) is 6.92 Å². The molecule has 4 heteroatoms. The summed E-state index contributed by atoms with van der Waals surface area (Å²) >= 11 is 5.96. The summed E-state index contributed by atoms with van der Waals surface area (Å²) in [7, 11) is 0. The van der Waals surface area contributed by atoms with E-state index in [2.05, 4.69) is 0 Å². The van der Waals surface area contributed by atoms with Crippen molar-refractivity contribution in [3.63, 3.8) is 0 Å². The molecule has 1 aromatic carbocycles. The molecule has 0 aliphatic heterocycles. The molecular formula is C14H12ClNO2. The maximum absolute atomic E-state index is 10.6. The summed E-state index contributed by atoms with van der Waals surface area (Å²) in [6.07, 6.45) is 2.79. The Morgan fingerprint density at radius 1 is 1.33 bits per heavy atom. The third kappa shape index (κ3) is 2.81. The minimum absolute atomic E-state index is 0.508. The van der Waals surface area contributed by atoms with Crippen molar-refractivity contribution in [1.29, 1.82) is 0 Å². The summed E-state index contributed by atoms with van der Waals surface area (Å²) < 4.78 is 5.60. The van der Waals surface area contributed by atoms with Crippen LogP contribution in [-0.2, 0) is 4.79 Å². The van der Waals surface area contributed by atoms with E-state index in [9.17, 15) is 4.79 Å². The lowest BCUT2D eigenvalue weighted by Crippen LogP contribution is -2.04. The molecule has 0 atom stereocenters. The van der Waals surface area contributed by atoms with Gasteiger partial charge in [-0.2, -0.15) is 0 Å². The molecule has 0 radical (unpaired) electrons. The monoisotopic (exact) mass is 261 g/mol. The average Bonchev–Trinajstić information content (AvgIpc) is 2.78. The first kappa shape index (κ1) is 12.5. The predicted molar refractivity (Wildman–Crippen MR) is 72.1 cm³/mol. The minimum Gasteiger partial charge on any atom is -0.457 e. The number of aryl methyl sites for hydroxylation is 1. The fourth-order valence-electron chi connectivity index (χ4n) is 1.61. The van der Waals surface area contributed by atoms with Crippen molar-refractivity contribution in [2.24, 2.45) is 5.73 Å². The van der Waals surface area contributed by atoms with E-state index in [0.717, 1.165) is 11.1 Å². The molecule has 1 heterocycles. The van der Waals surface area contributed by atoms with Gasteiger partial charge in [0.15, 0.2) is 0 Å². The lowest BCUT2D eigenvalue weighted by atomic mass is 10.1. The normalized spacial score (nSPS) is 11.0. The molecule has 0 unspecified atom stereocenters. The molecule has 1 aromatic heterocycles. The van der Waals surface area contributed by atoms with Gasteiger partial charge in [-0.25, -0.2) is 0 Å². The molecule has 2 N–H and O–H groups in total. The van der Waals surface area contributed by atoms with E-state index >= 15 is 0 Å². The molecule has 0 fully saturated rings. The fraction of sp³-hybridized carbons (Fsp3) is 0.0714. The number of rotatable bonds is 3. The number of hydrogen-bond acceptors (Lipinski definition) is 2. The van der Waals surface area contributed by atoms with Crippen molar-refractivity contribution in [3.8, 4) is 11.3 Å². The third-order valence-corrected chi connectivity index (χ3v) is 2.74. The van der Waals surface area contributed by atoms with Crippen molar-refractivity contribution in [2.75, 3.05) is 0 Å². The van der Waals surface area contributed by atoms with Gasteiger partial charge >= 0.3 is 0 Å². The van der Waals surface area contributed by atoms with Crippen LogP contribution in [0.1, 0.15) is 11.3 Å². The molecule has 2 rings (SSSR count). The Hall–Kier alpha value is -2.00. The molecule has 18 heavy (non-hydrogen) atoms. The number of amides is 1. The highest BCUT2D eigenvalue weighted by molar-refractivity contribution is 6.30. The Balaban J connectivity index is 2.35. The van der Waals surface area contributed by atoms with Gasteiger partial charge in [0.2, 0.25) is 5.91 Å². The molecular weight excluding hydrogens is 250 g/mol. The van der Waals surface area contributed by atoms with Gasteiger partial charge < -0.3 is 10.2 Å². The number of nitrogens with two attached hydrogens (primary N) is 1. The van der Waals surface area contributed by atoms with E-state index in [1.165, 1.54) is 12.2 Å². The zero-order valence-electron chi connectivity index (χ0n) is 9.81. The van der Waals surface area contributed by atoms with Crippen LogP contribution in [0.2, 0.25) is 5.02 Å². The van der Waals surface area contributed by atoms with Crippen LogP contribution in [0.5, 0.6) is 0 Å². The quantitative estimate of drug-likeness (QED) is 0.861. The third-order valence-electron chi connectivity index (χ3n) is 2.50. The van der Waals surface area contributed by atoms with Gasteiger partial charge in [-0.15, -0.1) is 0 Å². The highest BCUT2D eigenvalue weighted by atomic mass is 35.5. The molecule has 2 aromatic rings. The van der Waals surface area contributed by atoms with Crippen LogP contribution in [-0.4, -0.2) is 5.91 Å². The van der Waals surface area contributed by atoms with E-state index in [4.69, 9.17) is 21.8 Å². The SMILES string of the molecule is Cc1ccc(Cl)cc1-c1ccc(/C=C/C(N)=O)o1. The summed E-state index contributed by atoms with van der Waals surface area (Å²) in [5.74, 6) is 0.772. The van der Waals surface area contributed by atoms with Crippen molar-refractivity contribution < 1.29 is 9.21 Å². The first-order chi connectivity index (χ1) is 8.56. The number of furan rings is 1. The molecule has 0 aliphatic carbocycles. The minimum atomic E-state index is -0.508. The molecule has 0 spiro atoms. The van der Waals surface area contributed by atoms with Crippen LogP contribution in [0.25, 0.3) is 17.4 Å². The van der Waals surface area contributed by atoms with Gasteiger partial charge in [-0.1, -0.05) is 17.7 Å². The Kier molecular flexibility index (Phi) is 3.53. The molecule has 0 aliphatic rings. The number of benzene rings is 1. The molecule has 92 valence electrons. The van der Waals surface area contributed by atoms with Crippen molar-refractivity contribution in [1.82, 2.24) is 0 Å². The maximum Gasteiger partial charge on any atom is 0.241 e. The Morgan fingerprint density at radius 3 is 2.83 bits per heavy atom. The highest BCUT2D eigenvalue weighted by Crippen LogP contribution is 2.28. The second-order valence-corrected chi connectivity index (χ2v) is 4.33. The lowest BCUT2D eigenvalue weighted by Gasteiger charge is -2.02. The average molecular weight is 262 g/mol. The summed E-state index contributed by atoms with van der Waals surface area (Å²) in [4.78, 5) is 10.6. The smallest absolute Gasteiger partial charge is 0.241 e. The number of primary amides is 1. The standard InChI is InChI=1S/C14H12ClNO2/c1-9-2-3-10(15)8-12(9)13-6-4-11(18-13)5-7-14(16)17/h2-8H,1H3,(H2,16,17)/b7-5+. The van der Waals surface area contributed by atoms with Crippen LogP contribution in [0.4, 0.5) is 0 Å². The number of carbonyl (C=O) groups excluding carboxylic acids is 1. The Morgan fingerprint density at radius 2 is 2.11 bits per heavy atom. The van der Waals surface area contributed by atoms with E-state index in [1.54, 1.807) is 6.07 Å². The van der Waals surface area contributed by atoms with Crippen LogP contribution in [0.3, 0.4) is 0 Å². The van der Waals surface area contributed by atoms with E-state index in [0.29, 0.717) is 16.5 Å². The maximum atomic E-state index is 10.6. The first-order valence-electron chi connectivity index (χ1n) is 5.40. The number of carbonyl (C=O) groups is 1. The Labute approximate surface area is 110 Å². The summed E-state index contributed by atoms with van der Waals surface area (Å²) in [5.41, 5.74) is 7.02. The van der Waals surface area contributed by atoms with Gasteiger partial charge in [0.1, 0.15) is 11.5 Å². The van der Waals surface area contributed by atoms with Gasteiger partial charge in [0, 0.05) is 16.7 Å². The van der Waals surface area contributed by atoms with Gasteiger partial charge in [-0.05, 0) is 42.8 Å². The van der Waals surface area contributed by atoms with Crippen molar-refractivity contribution in [3.05, 3.63) is 52.8 Å². The molecule has 0 bridgehead atoms. The zero-order valence-corrected chi connectivity index (χ0v) is 10.6. The molecule has 0 saturated heterocycles. The topological polar surface area (TPSA) is 56.2 Å². The predicted octanol–water partition coefficient (Wildman–Crippen LogP) is 3.41. The number of halogens is 1. The molecule has 1 amide bonds. The summed E-state index contributed by atoms with van der Waals surface area (Å²) in [6, 6.07) is 9.21. The van der Waals surface area contributed by atoms with Gasteiger partial charge in [0.05, 0.1) is 0 Å². The van der Waals surface area contributed by atoms with Gasteiger partial charge in [0.25, 0.3) is 0 Å². The van der Waals surface area contributed by atoms with Gasteiger partial charge in [-0.3, -0.25) is 4.79 Å². The second-order valence-electron chi connectivity index (χ2n) is 3.90. The highest BCUT2D eigenvalue weighted by Gasteiger charge is 2.07. The lowest BCUT2D eigenvalue weighted by molar-refractivity contribution is -0.113. The summed E-state index contributed by atoms with van der Waals surface area (Å²) in [6.45, 7) is 1.98. The van der Waals surface area contributed by atoms with E-state index in [-0.39, 0.29) is 0 Å². The van der Waals surface area contributed by atoms with Crippen LogP contribution >= 0.6 is 11.6 Å². The Bertz CT molecular complexity index is 614. The second kappa shape index (κ2) is 5.10. The molecule has 3 nitrogen and oxygen atoms in total. The van der Waals surface area contributed by atoms with E-state index in [1.807, 2.05) is 31.2 Å². The number of hydrogen-bond donors (Lipinski definition) is 1. The largest absolute Gasteiger partial charge is 0.457 e.